The number of nitrogens with zero attached hydrogens (tertiary/aromatic N) is 3. The Morgan fingerprint density at radius 2 is 1.29 bits per heavy atom. The van der Waals surface area contributed by atoms with E-state index in [0.29, 0.717) is 22.6 Å². The van der Waals surface area contributed by atoms with E-state index in [9.17, 15) is 6.48 Å². The average molecular weight is 1010 g/mol. The first-order chi connectivity index (χ1) is 31.5. The van der Waals surface area contributed by atoms with Gasteiger partial charge in [-0.15, -0.1) is 23.8 Å². The first-order valence-corrected chi connectivity index (χ1v) is 21.3. The van der Waals surface area contributed by atoms with E-state index in [2.05, 4.69) is 117 Å². The van der Waals surface area contributed by atoms with Crippen LogP contribution in [0, 0.1) is 12.9 Å². The smallest absolute Gasteiger partial charge is 0.148 e. The molecule has 9 rings (SSSR count). The van der Waals surface area contributed by atoms with Crippen LogP contribution in [0.5, 0.6) is 5.75 Å². The molecule has 0 radical (unpaired) electrons. The monoisotopic (exact) mass is 1010 g/mol. The molecular formula is C58H52N3OPt-. The molecule has 1 N–H and O–H groups in total. The number of fused-ring (bicyclic) bond motifs is 1. The van der Waals surface area contributed by atoms with Crippen molar-refractivity contribution in [1.82, 2.24) is 14.5 Å². The number of rotatable bonds is 10. The topological polar surface area (TPSA) is 50.9 Å². The van der Waals surface area contributed by atoms with Gasteiger partial charge in [0.25, 0.3) is 0 Å². The van der Waals surface area contributed by atoms with Crippen molar-refractivity contribution in [3.63, 3.8) is 0 Å². The van der Waals surface area contributed by atoms with Crippen molar-refractivity contribution in [3.8, 4) is 78.6 Å². The maximum atomic E-state index is 12.2. The molecule has 0 aliphatic rings. The number of hydrogen-bond acceptors (Lipinski definition) is 3. The maximum absolute atomic E-state index is 12.2. The molecule has 0 amide bonds. The number of phenolic OH excluding ortho intramolecular Hbond substituents is 1. The Labute approximate surface area is 392 Å². The molecule has 4 nitrogen and oxygen atoms in total. The van der Waals surface area contributed by atoms with Crippen molar-refractivity contribution in [1.29, 1.82) is 0 Å². The number of pyridine rings is 1. The molecule has 0 saturated heterocycles. The summed E-state index contributed by atoms with van der Waals surface area (Å²) in [6, 6.07) is 56.1. The molecular weight excluding hydrogens is 950 g/mol. The fourth-order valence-electron chi connectivity index (χ4n) is 8.41. The van der Waals surface area contributed by atoms with Crippen LogP contribution >= 0.6 is 0 Å². The van der Waals surface area contributed by atoms with E-state index in [1.807, 2.05) is 80.6 Å². The average Bonchev–Trinajstić information content (AvgIpc) is 3.71. The Morgan fingerprint density at radius 3 is 1.97 bits per heavy atom. The minimum atomic E-state index is -2.19. The van der Waals surface area contributed by atoms with Crippen LogP contribution in [0.2, 0.25) is 0 Å². The first kappa shape index (κ1) is 38.3. The Morgan fingerprint density at radius 1 is 0.587 bits per heavy atom. The van der Waals surface area contributed by atoms with Crippen LogP contribution in [0.4, 0.5) is 0 Å². The van der Waals surface area contributed by atoms with Gasteiger partial charge in [-0.25, -0.2) is 4.98 Å². The normalized spacial score (nSPS) is 12.8. The summed E-state index contributed by atoms with van der Waals surface area (Å²) in [5.41, 5.74) is 15.2. The van der Waals surface area contributed by atoms with Crippen LogP contribution in [0.15, 0.2) is 164 Å². The quantitative estimate of drug-likeness (QED) is 0.139. The van der Waals surface area contributed by atoms with Crippen LogP contribution in [0.1, 0.15) is 87.0 Å². The van der Waals surface area contributed by atoms with E-state index >= 15 is 0 Å². The minimum absolute atomic E-state index is 0. The second-order valence-corrected chi connectivity index (χ2v) is 16.9. The summed E-state index contributed by atoms with van der Waals surface area (Å²) in [6.45, 7) is 10.2. The summed E-state index contributed by atoms with van der Waals surface area (Å²) in [5.74, 6) is 0.118. The van der Waals surface area contributed by atoms with Crippen molar-refractivity contribution in [3.05, 3.63) is 192 Å². The third-order valence-corrected chi connectivity index (χ3v) is 11.8. The summed E-state index contributed by atoms with van der Waals surface area (Å²) in [4.78, 5) is 10.4. The number of para-hydroxylation sites is 1. The van der Waals surface area contributed by atoms with E-state index < -0.39 is 12.7 Å². The summed E-state index contributed by atoms with van der Waals surface area (Å²) in [6.07, 6.45) is 1.78. The summed E-state index contributed by atoms with van der Waals surface area (Å²) in [5, 5.41) is 12.2. The molecule has 63 heavy (non-hydrogen) atoms. The Kier molecular flexibility index (Phi) is 11.1. The summed E-state index contributed by atoms with van der Waals surface area (Å²) >= 11 is 0. The van der Waals surface area contributed by atoms with Crippen LogP contribution in [-0.2, 0) is 21.1 Å². The van der Waals surface area contributed by atoms with Crippen molar-refractivity contribution in [2.45, 2.75) is 66.1 Å². The molecule has 0 bridgehead atoms. The number of phenols is 1. The molecule has 2 heterocycles. The van der Waals surface area contributed by atoms with E-state index in [-0.39, 0.29) is 38.7 Å². The zero-order valence-corrected chi connectivity index (χ0v) is 38.6. The number of hydrogen-bond donors (Lipinski definition) is 1. The minimum Gasteiger partial charge on any atom is -0.507 e. The molecule has 9 aromatic rings. The van der Waals surface area contributed by atoms with E-state index in [1.54, 1.807) is 18.3 Å². The van der Waals surface area contributed by atoms with E-state index in [0.717, 1.165) is 83.5 Å². The number of aromatic nitrogens is 3. The Bertz CT molecular complexity index is 3230. The van der Waals surface area contributed by atoms with Gasteiger partial charge in [0.05, 0.1) is 16.6 Å². The predicted molar refractivity (Wildman–Crippen MR) is 259 cm³/mol. The van der Waals surface area contributed by atoms with E-state index in [4.69, 9.17) is 14.1 Å². The Hall–Kier alpha value is -6.35. The van der Waals surface area contributed by atoms with Gasteiger partial charge in [0, 0.05) is 44.1 Å². The number of imidazole rings is 1. The summed E-state index contributed by atoms with van der Waals surface area (Å²) in [7, 11) is 0. The van der Waals surface area contributed by atoms with Gasteiger partial charge in [-0.1, -0.05) is 179 Å². The van der Waals surface area contributed by atoms with Gasteiger partial charge in [0.2, 0.25) is 0 Å². The van der Waals surface area contributed by atoms with Gasteiger partial charge in [0.1, 0.15) is 11.6 Å². The predicted octanol–water partition coefficient (Wildman–Crippen LogP) is 15.6. The second kappa shape index (κ2) is 18.2. The molecule has 2 aromatic heterocycles. The number of aryl methyl sites for hydroxylation is 1. The van der Waals surface area contributed by atoms with Crippen LogP contribution < -0.4 is 0 Å². The molecule has 0 atom stereocenters. The standard InChI is InChI=1S/C58H52N3O.Pt/c1-36(2)44-32-52(38(5)6)57(62)53(33-44)58-60-56-50(19-14-20-55(56)61(58)48-25-26-49(51(35-48)37(3)4)42-17-12-9-13-18-42)46-29-45(40-15-10-8-11-16-40)30-47(31-46)54-34-43(27-28-59-54)41-23-21-39(7)22-24-41;/h8-30,32-38,62H,1-7H3;/q-1;/i7D3,37D;. The molecule has 0 fully saturated rings. The molecule has 0 spiro atoms. The largest absolute Gasteiger partial charge is 0.507 e. The molecule has 0 saturated carbocycles. The van der Waals surface area contributed by atoms with Gasteiger partial charge in [0.15, 0.2) is 0 Å². The van der Waals surface area contributed by atoms with Crippen molar-refractivity contribution < 1.29 is 31.7 Å². The molecule has 5 heteroatoms. The SMILES string of the molecule is [2H]C([2H])([2H])c1ccc(-c2ccnc(-c3[c-]c(-c4cccc5c4nc(-c4cc(C(C)C)cc(C(C)C)c4O)n5-c4ccc(-c5ccccc5)c(C([2H])(C)C)c4)cc(-c4ccccc4)c3)c2)cc1.[Pt]. The molecule has 7 aromatic carbocycles. The molecule has 316 valence electrons. The fourth-order valence-corrected chi connectivity index (χ4v) is 8.41. The van der Waals surface area contributed by atoms with Gasteiger partial charge >= 0.3 is 0 Å². The molecule has 0 aliphatic heterocycles. The third kappa shape index (κ3) is 8.58. The maximum Gasteiger partial charge on any atom is 0.148 e. The number of aromatic hydroxyl groups is 1. The second-order valence-electron chi connectivity index (χ2n) is 16.9. The third-order valence-electron chi connectivity index (χ3n) is 11.8. The van der Waals surface area contributed by atoms with Gasteiger partial charge < -0.3 is 5.11 Å². The van der Waals surface area contributed by atoms with Crippen LogP contribution in [-0.4, -0.2) is 19.6 Å². The molecule has 0 aliphatic carbocycles. The van der Waals surface area contributed by atoms with Crippen LogP contribution in [0.25, 0.3) is 83.9 Å². The van der Waals surface area contributed by atoms with Crippen molar-refractivity contribution in [2.75, 3.05) is 0 Å². The van der Waals surface area contributed by atoms with Crippen molar-refractivity contribution in [2.24, 2.45) is 0 Å². The van der Waals surface area contributed by atoms with Gasteiger partial charge in [-0.05, 0) is 99.4 Å². The number of benzene rings is 7. The zero-order valence-electron chi connectivity index (χ0n) is 40.3. The van der Waals surface area contributed by atoms with Gasteiger partial charge in [-0.3, -0.25) is 9.55 Å². The summed E-state index contributed by atoms with van der Waals surface area (Å²) < 4.78 is 35.1. The first-order valence-electron chi connectivity index (χ1n) is 23.3. The Balaban J connectivity index is 0.00000608. The van der Waals surface area contributed by atoms with Crippen LogP contribution in [0.3, 0.4) is 0 Å². The van der Waals surface area contributed by atoms with E-state index in [1.165, 1.54) is 0 Å². The zero-order chi connectivity index (χ0) is 46.5. The van der Waals surface area contributed by atoms with Crippen molar-refractivity contribution >= 4 is 11.0 Å². The van der Waals surface area contributed by atoms with Gasteiger partial charge in [-0.2, -0.15) is 0 Å². The molecule has 0 unspecified atom stereocenters. The fraction of sp³-hybridized carbons (Fsp3) is 0.172.